The quantitative estimate of drug-likeness (QED) is 0.456. The molecule has 0 aliphatic rings. The number of ketones is 1. The third kappa shape index (κ3) is 3.37. The largest absolute Gasteiger partial charge is 0.466 e. The molecule has 4 nitrogen and oxygen atoms in total. The molecule has 92 valence electrons. The Labute approximate surface area is 101 Å². The molecule has 0 aliphatic carbocycles. The lowest BCUT2D eigenvalue weighted by atomic mass is 10.1. The van der Waals surface area contributed by atoms with Gasteiger partial charge < -0.3 is 4.74 Å². The maximum atomic E-state index is 11.9. The van der Waals surface area contributed by atoms with Crippen LogP contribution in [0.4, 0.5) is 0 Å². The lowest BCUT2D eigenvalue weighted by molar-refractivity contribution is -0.141. The first-order chi connectivity index (χ1) is 7.95. The molecular weight excluding hydrogens is 218 g/mol. The maximum absolute atomic E-state index is 11.9. The van der Waals surface area contributed by atoms with E-state index in [1.165, 1.54) is 0 Å². The van der Waals surface area contributed by atoms with Crippen molar-refractivity contribution in [3.05, 3.63) is 28.6 Å². The molecule has 0 saturated carbocycles. The Morgan fingerprint density at radius 1 is 1.24 bits per heavy atom. The topological polar surface area (TPSA) is 56.3 Å². The molecule has 1 aromatic heterocycles. The van der Waals surface area contributed by atoms with Crippen molar-refractivity contribution in [1.82, 2.24) is 4.98 Å². The third-order valence-corrected chi connectivity index (χ3v) is 2.53. The summed E-state index contributed by atoms with van der Waals surface area (Å²) < 4.78 is 4.74. The Morgan fingerprint density at radius 3 is 2.47 bits per heavy atom. The van der Waals surface area contributed by atoms with Crippen molar-refractivity contribution in [2.24, 2.45) is 0 Å². The van der Waals surface area contributed by atoms with Crippen LogP contribution in [0.2, 0.25) is 0 Å². The maximum Gasteiger partial charge on any atom is 0.313 e. The van der Waals surface area contributed by atoms with Crippen LogP contribution < -0.4 is 0 Å². The molecule has 4 heteroatoms. The van der Waals surface area contributed by atoms with Crippen LogP contribution in [0.15, 0.2) is 6.07 Å². The molecule has 0 unspecified atom stereocenters. The minimum atomic E-state index is -0.503. The molecule has 1 aromatic rings. The number of pyridine rings is 1. The van der Waals surface area contributed by atoms with Gasteiger partial charge in [0.1, 0.15) is 12.1 Å². The molecule has 1 rings (SSSR count). The molecule has 1 heterocycles. The van der Waals surface area contributed by atoms with Gasteiger partial charge in [0, 0.05) is 5.69 Å². The second kappa shape index (κ2) is 5.57. The van der Waals surface area contributed by atoms with Gasteiger partial charge in [0.05, 0.1) is 6.61 Å². The van der Waals surface area contributed by atoms with Crippen molar-refractivity contribution < 1.29 is 14.3 Å². The number of rotatable bonds is 4. The highest BCUT2D eigenvalue weighted by atomic mass is 16.5. The summed E-state index contributed by atoms with van der Waals surface area (Å²) in [6.45, 7) is 7.59. The van der Waals surface area contributed by atoms with Crippen LogP contribution in [-0.2, 0) is 9.53 Å². The Hall–Kier alpha value is -1.71. The third-order valence-electron chi connectivity index (χ3n) is 2.53. The van der Waals surface area contributed by atoms with Gasteiger partial charge >= 0.3 is 5.97 Å². The van der Waals surface area contributed by atoms with Crippen LogP contribution in [0.25, 0.3) is 0 Å². The van der Waals surface area contributed by atoms with Gasteiger partial charge in [0.2, 0.25) is 0 Å². The molecule has 0 N–H and O–H groups in total. The molecule has 0 fully saturated rings. The number of Topliss-reactive ketones (excluding diaryl/α,β-unsaturated/α-hetero) is 1. The molecular formula is C13H17NO3. The van der Waals surface area contributed by atoms with Crippen LogP contribution >= 0.6 is 0 Å². The second-order valence-electron chi connectivity index (χ2n) is 3.96. The van der Waals surface area contributed by atoms with E-state index in [0.29, 0.717) is 5.69 Å². The average molecular weight is 235 g/mol. The van der Waals surface area contributed by atoms with Crippen molar-refractivity contribution in [3.63, 3.8) is 0 Å². The average Bonchev–Trinajstić information content (AvgIpc) is 2.23. The van der Waals surface area contributed by atoms with Gasteiger partial charge in [0.15, 0.2) is 5.78 Å². The SMILES string of the molecule is CCOC(=O)CC(=O)c1nc(C)c(C)cc1C. The molecule has 0 amide bonds. The zero-order valence-electron chi connectivity index (χ0n) is 10.7. The summed E-state index contributed by atoms with van der Waals surface area (Å²) in [7, 11) is 0. The van der Waals surface area contributed by atoms with Crippen LogP contribution in [-0.4, -0.2) is 23.3 Å². The summed E-state index contributed by atoms with van der Waals surface area (Å²) in [4.78, 5) is 27.3. The minimum Gasteiger partial charge on any atom is -0.466 e. The lowest BCUT2D eigenvalue weighted by Crippen LogP contribution is -2.14. The van der Waals surface area contributed by atoms with Crippen LogP contribution in [0, 0.1) is 20.8 Å². The lowest BCUT2D eigenvalue weighted by Gasteiger charge is -2.07. The summed E-state index contributed by atoms with van der Waals surface area (Å²) in [5.41, 5.74) is 3.00. The van der Waals surface area contributed by atoms with Crippen molar-refractivity contribution in [1.29, 1.82) is 0 Å². The first kappa shape index (κ1) is 13.4. The Bertz CT molecular complexity index is 452. The van der Waals surface area contributed by atoms with E-state index in [1.54, 1.807) is 6.92 Å². The fourth-order valence-electron chi connectivity index (χ4n) is 1.55. The van der Waals surface area contributed by atoms with E-state index >= 15 is 0 Å². The normalized spacial score (nSPS) is 10.1. The summed E-state index contributed by atoms with van der Waals surface area (Å²) in [5, 5.41) is 0. The van der Waals surface area contributed by atoms with Crippen molar-refractivity contribution in [2.75, 3.05) is 6.61 Å². The summed E-state index contributed by atoms with van der Waals surface area (Å²) in [6.07, 6.45) is -0.246. The van der Waals surface area contributed by atoms with E-state index in [0.717, 1.165) is 16.8 Å². The van der Waals surface area contributed by atoms with E-state index in [4.69, 9.17) is 4.74 Å². The van der Waals surface area contributed by atoms with E-state index in [2.05, 4.69) is 4.98 Å². The number of aryl methyl sites for hydroxylation is 3. The van der Waals surface area contributed by atoms with Crippen molar-refractivity contribution >= 4 is 11.8 Å². The predicted molar refractivity (Wildman–Crippen MR) is 64.0 cm³/mol. The van der Waals surface area contributed by atoms with Gasteiger partial charge in [-0.15, -0.1) is 0 Å². The van der Waals surface area contributed by atoms with Gasteiger partial charge in [-0.3, -0.25) is 9.59 Å². The Morgan fingerprint density at radius 2 is 1.88 bits per heavy atom. The monoisotopic (exact) mass is 235 g/mol. The highest BCUT2D eigenvalue weighted by Gasteiger charge is 2.16. The zero-order valence-corrected chi connectivity index (χ0v) is 10.7. The number of carbonyl (C=O) groups is 2. The Balaban J connectivity index is 2.89. The van der Waals surface area contributed by atoms with Gasteiger partial charge in [-0.05, 0) is 38.8 Å². The first-order valence-electron chi connectivity index (χ1n) is 5.59. The zero-order chi connectivity index (χ0) is 13.0. The summed E-state index contributed by atoms with van der Waals surface area (Å²) in [6, 6.07) is 1.90. The number of hydrogen-bond donors (Lipinski definition) is 0. The fraction of sp³-hybridized carbons (Fsp3) is 0.462. The van der Waals surface area contributed by atoms with Gasteiger partial charge in [0.25, 0.3) is 0 Å². The standard InChI is InChI=1S/C13H17NO3/c1-5-17-12(16)7-11(15)13-9(3)6-8(2)10(4)14-13/h6H,5,7H2,1-4H3. The predicted octanol–water partition coefficient (Wildman–Crippen LogP) is 2.14. The highest BCUT2D eigenvalue weighted by Crippen LogP contribution is 2.13. The molecule has 0 aromatic carbocycles. The summed E-state index contributed by atoms with van der Waals surface area (Å²) in [5.74, 6) is -0.791. The molecule has 0 atom stereocenters. The minimum absolute atomic E-state index is 0.246. The number of nitrogens with zero attached hydrogens (tertiary/aromatic N) is 1. The van der Waals surface area contributed by atoms with E-state index in [9.17, 15) is 9.59 Å². The van der Waals surface area contributed by atoms with Crippen molar-refractivity contribution in [3.8, 4) is 0 Å². The molecule has 0 radical (unpaired) electrons. The molecule has 0 saturated heterocycles. The van der Waals surface area contributed by atoms with E-state index in [-0.39, 0.29) is 18.8 Å². The van der Waals surface area contributed by atoms with Crippen LogP contribution in [0.5, 0.6) is 0 Å². The second-order valence-corrected chi connectivity index (χ2v) is 3.96. The van der Waals surface area contributed by atoms with Crippen LogP contribution in [0.3, 0.4) is 0 Å². The van der Waals surface area contributed by atoms with E-state index < -0.39 is 5.97 Å². The molecule has 0 bridgehead atoms. The highest BCUT2D eigenvalue weighted by molar-refractivity contribution is 6.05. The number of carbonyl (C=O) groups excluding carboxylic acids is 2. The number of aromatic nitrogens is 1. The molecule has 0 spiro atoms. The van der Waals surface area contributed by atoms with Gasteiger partial charge in [-0.25, -0.2) is 4.98 Å². The molecule has 17 heavy (non-hydrogen) atoms. The molecule has 0 aliphatic heterocycles. The number of ether oxygens (including phenoxy) is 1. The number of hydrogen-bond acceptors (Lipinski definition) is 4. The summed E-state index contributed by atoms with van der Waals surface area (Å²) >= 11 is 0. The van der Waals surface area contributed by atoms with Gasteiger partial charge in [-0.2, -0.15) is 0 Å². The smallest absolute Gasteiger partial charge is 0.313 e. The number of esters is 1. The van der Waals surface area contributed by atoms with E-state index in [1.807, 2.05) is 26.8 Å². The fourth-order valence-corrected chi connectivity index (χ4v) is 1.55. The van der Waals surface area contributed by atoms with Crippen LogP contribution in [0.1, 0.15) is 40.7 Å². The van der Waals surface area contributed by atoms with Crippen molar-refractivity contribution in [2.45, 2.75) is 34.1 Å². The Kier molecular flexibility index (Phi) is 4.37. The van der Waals surface area contributed by atoms with Gasteiger partial charge in [-0.1, -0.05) is 6.07 Å². The first-order valence-corrected chi connectivity index (χ1v) is 5.59.